The van der Waals surface area contributed by atoms with Crippen LogP contribution in [0.1, 0.15) is 17.3 Å². The maximum atomic E-state index is 12.5. The standard InChI is InChI=1S/C20H19NO5S2/c1-3-25-20(23)18-15(16-8-5-9-27-16)12-28-19(18)21-17(22)11-26-14-7-4-6-13(10-14)24-2/h4-10,12H,3,11H2,1-2H3,(H,21,22). The van der Waals surface area contributed by atoms with Crippen LogP contribution in [-0.4, -0.2) is 32.2 Å². The minimum absolute atomic E-state index is 0.193. The smallest absolute Gasteiger partial charge is 0.341 e. The van der Waals surface area contributed by atoms with Crippen LogP contribution in [0, 0.1) is 0 Å². The predicted molar refractivity (Wildman–Crippen MR) is 111 cm³/mol. The fraction of sp³-hybridized carbons (Fsp3) is 0.200. The molecule has 0 aliphatic heterocycles. The number of ether oxygens (including phenoxy) is 3. The van der Waals surface area contributed by atoms with Gasteiger partial charge in [-0.1, -0.05) is 12.1 Å². The first-order valence-corrected chi connectivity index (χ1v) is 10.3. The summed E-state index contributed by atoms with van der Waals surface area (Å²) < 4.78 is 15.8. The van der Waals surface area contributed by atoms with Gasteiger partial charge in [0.05, 0.1) is 13.7 Å². The summed E-state index contributed by atoms with van der Waals surface area (Å²) in [5, 5.41) is 6.98. The number of anilines is 1. The third-order valence-electron chi connectivity index (χ3n) is 3.72. The van der Waals surface area contributed by atoms with Crippen molar-refractivity contribution in [2.24, 2.45) is 0 Å². The van der Waals surface area contributed by atoms with Crippen LogP contribution in [0.2, 0.25) is 0 Å². The van der Waals surface area contributed by atoms with Crippen LogP contribution in [0.25, 0.3) is 10.4 Å². The van der Waals surface area contributed by atoms with Crippen molar-refractivity contribution < 1.29 is 23.8 Å². The predicted octanol–water partition coefficient (Wildman–Crippen LogP) is 4.68. The first-order chi connectivity index (χ1) is 13.6. The normalized spacial score (nSPS) is 10.4. The summed E-state index contributed by atoms with van der Waals surface area (Å²) in [6, 6.07) is 10.8. The molecule has 1 amide bonds. The zero-order valence-corrected chi connectivity index (χ0v) is 17.0. The molecule has 0 atom stereocenters. The summed E-state index contributed by atoms with van der Waals surface area (Å²) in [6.07, 6.45) is 0. The molecule has 3 rings (SSSR count). The first-order valence-electron chi connectivity index (χ1n) is 8.51. The molecule has 0 fully saturated rings. The molecule has 2 aromatic heterocycles. The molecule has 2 heterocycles. The number of benzene rings is 1. The van der Waals surface area contributed by atoms with Crippen LogP contribution in [0.5, 0.6) is 11.5 Å². The summed E-state index contributed by atoms with van der Waals surface area (Å²) in [5.41, 5.74) is 1.12. The van der Waals surface area contributed by atoms with Gasteiger partial charge in [0.1, 0.15) is 22.1 Å². The molecular weight excluding hydrogens is 398 g/mol. The van der Waals surface area contributed by atoms with Crippen LogP contribution in [0.4, 0.5) is 5.00 Å². The van der Waals surface area contributed by atoms with Crippen molar-refractivity contribution in [2.45, 2.75) is 6.92 Å². The molecule has 0 saturated heterocycles. The number of hydrogen-bond acceptors (Lipinski definition) is 7. The van der Waals surface area contributed by atoms with Crippen molar-refractivity contribution in [1.82, 2.24) is 0 Å². The van der Waals surface area contributed by atoms with Crippen LogP contribution < -0.4 is 14.8 Å². The monoisotopic (exact) mass is 417 g/mol. The molecule has 1 aromatic carbocycles. The van der Waals surface area contributed by atoms with E-state index in [1.807, 2.05) is 22.9 Å². The highest BCUT2D eigenvalue weighted by atomic mass is 32.1. The molecule has 6 nitrogen and oxygen atoms in total. The third-order valence-corrected chi connectivity index (χ3v) is 5.52. The Hall–Kier alpha value is -2.84. The van der Waals surface area contributed by atoms with Gasteiger partial charge in [-0.3, -0.25) is 4.79 Å². The largest absolute Gasteiger partial charge is 0.497 e. The molecule has 146 valence electrons. The maximum absolute atomic E-state index is 12.5. The quantitative estimate of drug-likeness (QED) is 0.539. The molecule has 28 heavy (non-hydrogen) atoms. The van der Waals surface area contributed by atoms with E-state index >= 15 is 0 Å². The van der Waals surface area contributed by atoms with Crippen LogP contribution in [0.3, 0.4) is 0 Å². The van der Waals surface area contributed by atoms with E-state index in [-0.39, 0.29) is 19.1 Å². The number of methoxy groups -OCH3 is 1. The summed E-state index contributed by atoms with van der Waals surface area (Å²) in [5.74, 6) is 0.330. The van der Waals surface area contributed by atoms with Crippen molar-refractivity contribution in [3.05, 3.63) is 52.7 Å². The van der Waals surface area contributed by atoms with Crippen LogP contribution in [-0.2, 0) is 9.53 Å². The van der Waals surface area contributed by atoms with Crippen molar-refractivity contribution in [1.29, 1.82) is 0 Å². The van der Waals surface area contributed by atoms with Crippen molar-refractivity contribution >= 4 is 39.6 Å². The van der Waals surface area contributed by atoms with Gasteiger partial charge in [-0.25, -0.2) is 4.79 Å². The van der Waals surface area contributed by atoms with Crippen molar-refractivity contribution in [3.63, 3.8) is 0 Å². The number of carbonyl (C=O) groups excluding carboxylic acids is 2. The van der Waals surface area contributed by atoms with Crippen molar-refractivity contribution in [2.75, 3.05) is 25.6 Å². The van der Waals surface area contributed by atoms with E-state index < -0.39 is 5.97 Å². The zero-order chi connectivity index (χ0) is 19.9. The first kappa shape index (κ1) is 19.9. The second kappa shape index (κ2) is 9.38. The summed E-state index contributed by atoms with van der Waals surface area (Å²) >= 11 is 2.80. The van der Waals surface area contributed by atoms with Gasteiger partial charge in [0.25, 0.3) is 5.91 Å². The topological polar surface area (TPSA) is 73.9 Å². The van der Waals surface area contributed by atoms with E-state index in [2.05, 4.69) is 5.32 Å². The number of rotatable bonds is 8. The molecule has 0 saturated carbocycles. The van der Waals surface area contributed by atoms with Gasteiger partial charge in [-0.2, -0.15) is 0 Å². The number of thiophene rings is 2. The number of hydrogen-bond donors (Lipinski definition) is 1. The van der Waals surface area contributed by atoms with Gasteiger partial charge in [0.2, 0.25) is 0 Å². The number of carbonyl (C=O) groups is 2. The molecule has 0 aliphatic rings. The lowest BCUT2D eigenvalue weighted by Gasteiger charge is -2.09. The Balaban J connectivity index is 1.74. The Bertz CT molecular complexity index is 949. The number of amides is 1. The van der Waals surface area contributed by atoms with E-state index in [0.717, 1.165) is 10.4 Å². The van der Waals surface area contributed by atoms with E-state index in [9.17, 15) is 9.59 Å². The van der Waals surface area contributed by atoms with Crippen molar-refractivity contribution in [3.8, 4) is 21.9 Å². The average molecular weight is 418 g/mol. The Kier molecular flexibility index (Phi) is 6.67. The van der Waals surface area contributed by atoms with E-state index in [0.29, 0.717) is 22.1 Å². The van der Waals surface area contributed by atoms with E-state index in [4.69, 9.17) is 14.2 Å². The zero-order valence-electron chi connectivity index (χ0n) is 15.4. The molecule has 0 radical (unpaired) electrons. The number of esters is 1. The highest BCUT2D eigenvalue weighted by Crippen LogP contribution is 2.38. The minimum atomic E-state index is -0.462. The lowest BCUT2D eigenvalue weighted by molar-refractivity contribution is -0.118. The van der Waals surface area contributed by atoms with Crippen LogP contribution >= 0.6 is 22.7 Å². The molecule has 1 N–H and O–H groups in total. The Morgan fingerprint density at radius 2 is 1.93 bits per heavy atom. The Morgan fingerprint density at radius 3 is 2.64 bits per heavy atom. The highest BCUT2D eigenvalue weighted by Gasteiger charge is 2.23. The molecule has 0 unspecified atom stereocenters. The molecule has 0 aliphatic carbocycles. The second-order valence-electron chi connectivity index (χ2n) is 5.57. The van der Waals surface area contributed by atoms with Gasteiger partial charge in [0.15, 0.2) is 6.61 Å². The lowest BCUT2D eigenvalue weighted by Crippen LogP contribution is -2.21. The molecule has 8 heteroatoms. The lowest BCUT2D eigenvalue weighted by atomic mass is 10.1. The minimum Gasteiger partial charge on any atom is -0.497 e. The Labute approximate surface area is 170 Å². The fourth-order valence-corrected chi connectivity index (χ4v) is 4.26. The molecular formula is C20H19NO5S2. The Morgan fingerprint density at radius 1 is 1.11 bits per heavy atom. The third kappa shape index (κ3) is 4.71. The molecule has 0 bridgehead atoms. The number of nitrogens with one attached hydrogen (secondary N) is 1. The summed E-state index contributed by atoms with van der Waals surface area (Å²) in [6.45, 7) is 1.81. The van der Waals surface area contributed by atoms with Crippen LogP contribution in [0.15, 0.2) is 47.2 Å². The second-order valence-corrected chi connectivity index (χ2v) is 7.39. The van der Waals surface area contributed by atoms with Gasteiger partial charge in [-0.05, 0) is 30.5 Å². The van der Waals surface area contributed by atoms with Gasteiger partial charge in [-0.15, -0.1) is 22.7 Å². The molecule has 3 aromatic rings. The summed E-state index contributed by atoms with van der Waals surface area (Å²) in [7, 11) is 1.56. The van der Waals surface area contributed by atoms with Gasteiger partial charge < -0.3 is 19.5 Å². The van der Waals surface area contributed by atoms with Gasteiger partial charge >= 0.3 is 5.97 Å². The summed E-state index contributed by atoms with van der Waals surface area (Å²) in [4.78, 5) is 25.8. The average Bonchev–Trinajstić information content (AvgIpc) is 3.36. The van der Waals surface area contributed by atoms with E-state index in [1.165, 1.54) is 22.7 Å². The SMILES string of the molecule is CCOC(=O)c1c(-c2cccs2)csc1NC(=O)COc1cccc(OC)c1. The van der Waals surface area contributed by atoms with E-state index in [1.54, 1.807) is 38.3 Å². The van der Waals surface area contributed by atoms with Gasteiger partial charge in [0, 0.05) is 21.9 Å². The molecule has 0 spiro atoms. The highest BCUT2D eigenvalue weighted by molar-refractivity contribution is 7.17. The maximum Gasteiger partial charge on any atom is 0.341 e. The fourth-order valence-electron chi connectivity index (χ4n) is 2.47.